The lowest BCUT2D eigenvalue weighted by atomic mass is 10.3. The van der Waals surface area contributed by atoms with Gasteiger partial charge in [0.2, 0.25) is 0 Å². The highest BCUT2D eigenvalue weighted by molar-refractivity contribution is 5.34. The second kappa shape index (κ2) is 6.76. The van der Waals surface area contributed by atoms with Gasteiger partial charge in [-0.05, 0) is 18.6 Å². The largest absolute Gasteiger partial charge is 0.335 e. The van der Waals surface area contributed by atoms with Crippen LogP contribution in [0.2, 0.25) is 0 Å². The number of nitrogens with zero attached hydrogens (tertiary/aromatic N) is 4. The number of rotatable bonds is 1. The summed E-state index contributed by atoms with van der Waals surface area (Å²) in [5.41, 5.74) is 1.53. The van der Waals surface area contributed by atoms with Crippen LogP contribution in [0.5, 0.6) is 0 Å². The van der Waals surface area contributed by atoms with Crippen molar-refractivity contribution in [1.29, 1.82) is 10.5 Å². The molecule has 17 heavy (non-hydrogen) atoms. The summed E-state index contributed by atoms with van der Waals surface area (Å²) in [4.78, 5) is 10.2. The zero-order chi connectivity index (χ0) is 12.5. The molecule has 84 valence electrons. The third-order valence-electron chi connectivity index (χ3n) is 1.95. The molecule has 0 saturated carbocycles. The van der Waals surface area contributed by atoms with Gasteiger partial charge in [-0.3, -0.25) is 4.98 Å². The fourth-order valence-electron chi connectivity index (χ4n) is 1.07. The molecule has 0 unspecified atom stereocenters. The van der Waals surface area contributed by atoms with Gasteiger partial charge in [-0.25, -0.2) is 4.98 Å². The molecule has 0 aliphatic carbocycles. The molecule has 0 saturated heterocycles. The average molecular weight is 225 g/mol. The van der Waals surface area contributed by atoms with Crippen molar-refractivity contribution in [3.63, 3.8) is 0 Å². The highest BCUT2D eigenvalue weighted by atomic mass is 14.9. The zero-order valence-corrected chi connectivity index (χ0v) is 9.38. The summed E-state index contributed by atoms with van der Waals surface area (Å²) in [6.45, 7) is 2.10. The zero-order valence-electron chi connectivity index (χ0n) is 9.38. The van der Waals surface area contributed by atoms with Gasteiger partial charge in [0.05, 0.1) is 6.33 Å². The molecule has 0 radical (unpaired) electrons. The number of hydrogen-bond acceptors (Lipinski definition) is 4. The van der Waals surface area contributed by atoms with Crippen LogP contribution in [-0.4, -0.2) is 15.0 Å². The van der Waals surface area contributed by atoms with Gasteiger partial charge in [0.15, 0.2) is 11.4 Å². The SMILES string of the molecule is CCc1ccccn1.N#Cc1nc[nH]c1C#N. The van der Waals surface area contributed by atoms with Gasteiger partial charge in [0.25, 0.3) is 0 Å². The molecule has 0 amide bonds. The van der Waals surface area contributed by atoms with Crippen molar-refractivity contribution in [2.24, 2.45) is 0 Å². The lowest BCUT2D eigenvalue weighted by molar-refractivity contribution is 1.04. The standard InChI is InChI=1S/C7H9N.C5H2N4/c1-2-7-5-3-4-6-8-7;6-1-4-5(2-7)9-3-8-4/h3-6H,2H2,1H3;3H,(H,8,9). The fraction of sp³-hybridized carbons (Fsp3) is 0.167. The minimum absolute atomic E-state index is 0.150. The van der Waals surface area contributed by atoms with Crippen molar-refractivity contribution >= 4 is 0 Å². The lowest BCUT2D eigenvalue weighted by Crippen LogP contribution is -1.81. The summed E-state index contributed by atoms with van der Waals surface area (Å²) in [5, 5.41) is 16.5. The summed E-state index contributed by atoms with van der Waals surface area (Å²) >= 11 is 0. The van der Waals surface area contributed by atoms with E-state index in [1.807, 2.05) is 24.4 Å². The van der Waals surface area contributed by atoms with Gasteiger partial charge in [-0.1, -0.05) is 13.0 Å². The van der Waals surface area contributed by atoms with Gasteiger partial charge in [0.1, 0.15) is 12.1 Å². The predicted molar refractivity (Wildman–Crippen MR) is 61.6 cm³/mol. The van der Waals surface area contributed by atoms with Gasteiger partial charge in [0, 0.05) is 11.9 Å². The van der Waals surface area contributed by atoms with E-state index in [0.717, 1.165) is 12.1 Å². The van der Waals surface area contributed by atoms with Crippen molar-refractivity contribution < 1.29 is 0 Å². The van der Waals surface area contributed by atoms with Crippen LogP contribution in [0, 0.1) is 22.7 Å². The van der Waals surface area contributed by atoms with Gasteiger partial charge in [-0.15, -0.1) is 0 Å². The molecule has 0 fully saturated rings. The summed E-state index contributed by atoms with van der Waals surface area (Å²) in [7, 11) is 0. The molecule has 0 spiro atoms. The van der Waals surface area contributed by atoms with E-state index in [9.17, 15) is 0 Å². The number of aromatic amines is 1. The van der Waals surface area contributed by atoms with E-state index >= 15 is 0 Å². The highest BCUT2D eigenvalue weighted by Gasteiger charge is 1.99. The Morgan fingerprint density at radius 3 is 2.47 bits per heavy atom. The van der Waals surface area contributed by atoms with E-state index in [1.54, 1.807) is 12.1 Å². The second-order valence-corrected chi connectivity index (χ2v) is 3.02. The molecular formula is C12H11N5. The molecule has 0 aliphatic rings. The van der Waals surface area contributed by atoms with E-state index in [2.05, 4.69) is 21.9 Å². The molecule has 0 aliphatic heterocycles. The molecule has 1 N–H and O–H groups in total. The quantitative estimate of drug-likeness (QED) is 0.801. The number of hydrogen-bond donors (Lipinski definition) is 1. The Bertz CT molecular complexity index is 502. The average Bonchev–Trinajstić information content (AvgIpc) is 2.88. The van der Waals surface area contributed by atoms with Crippen molar-refractivity contribution in [2.75, 3.05) is 0 Å². The third kappa shape index (κ3) is 3.77. The minimum atomic E-state index is 0.150. The Labute approximate surface area is 99.4 Å². The van der Waals surface area contributed by atoms with E-state index in [4.69, 9.17) is 10.5 Å². The van der Waals surface area contributed by atoms with Gasteiger partial charge in [-0.2, -0.15) is 10.5 Å². The Morgan fingerprint density at radius 1 is 1.24 bits per heavy atom. The molecule has 2 rings (SSSR count). The lowest BCUT2D eigenvalue weighted by Gasteiger charge is -1.88. The Hall–Kier alpha value is -2.66. The molecule has 0 atom stereocenters. The van der Waals surface area contributed by atoms with Crippen LogP contribution >= 0.6 is 0 Å². The van der Waals surface area contributed by atoms with E-state index in [0.29, 0.717) is 0 Å². The monoisotopic (exact) mass is 225 g/mol. The molecule has 0 bridgehead atoms. The van der Waals surface area contributed by atoms with Crippen molar-refractivity contribution in [3.8, 4) is 12.1 Å². The number of nitriles is 2. The van der Waals surface area contributed by atoms with Crippen LogP contribution < -0.4 is 0 Å². The topological polar surface area (TPSA) is 89.2 Å². The molecule has 2 heterocycles. The van der Waals surface area contributed by atoms with E-state index in [-0.39, 0.29) is 11.4 Å². The number of aryl methyl sites for hydroxylation is 1. The molecule has 2 aromatic rings. The number of nitrogens with one attached hydrogen (secondary N) is 1. The number of aromatic nitrogens is 3. The summed E-state index contributed by atoms with van der Waals surface area (Å²) < 4.78 is 0. The highest BCUT2D eigenvalue weighted by Crippen LogP contribution is 1.96. The summed E-state index contributed by atoms with van der Waals surface area (Å²) in [6, 6.07) is 9.51. The van der Waals surface area contributed by atoms with Gasteiger partial charge < -0.3 is 4.98 Å². The maximum absolute atomic E-state index is 8.27. The molecular weight excluding hydrogens is 214 g/mol. The number of imidazole rings is 1. The maximum atomic E-state index is 8.27. The van der Waals surface area contributed by atoms with Crippen molar-refractivity contribution in [2.45, 2.75) is 13.3 Å². The first-order valence-corrected chi connectivity index (χ1v) is 5.05. The van der Waals surface area contributed by atoms with E-state index in [1.165, 1.54) is 6.33 Å². The minimum Gasteiger partial charge on any atom is -0.335 e. The number of pyridine rings is 1. The number of H-pyrrole nitrogens is 1. The molecule has 5 nitrogen and oxygen atoms in total. The molecule has 5 heteroatoms. The van der Waals surface area contributed by atoms with Crippen LogP contribution in [0.25, 0.3) is 0 Å². The predicted octanol–water partition coefficient (Wildman–Crippen LogP) is 1.80. The Morgan fingerprint density at radius 2 is 2.06 bits per heavy atom. The fourth-order valence-corrected chi connectivity index (χ4v) is 1.07. The summed E-state index contributed by atoms with van der Waals surface area (Å²) in [5.74, 6) is 0. The normalized spacial score (nSPS) is 8.41. The maximum Gasteiger partial charge on any atom is 0.176 e. The van der Waals surface area contributed by atoms with Gasteiger partial charge >= 0.3 is 0 Å². The van der Waals surface area contributed by atoms with Crippen molar-refractivity contribution in [3.05, 3.63) is 47.8 Å². The smallest absolute Gasteiger partial charge is 0.176 e. The Kier molecular flexibility index (Phi) is 4.93. The van der Waals surface area contributed by atoms with Crippen LogP contribution in [0.15, 0.2) is 30.7 Å². The van der Waals surface area contributed by atoms with Crippen molar-refractivity contribution in [1.82, 2.24) is 15.0 Å². The second-order valence-electron chi connectivity index (χ2n) is 3.02. The van der Waals surface area contributed by atoms with E-state index < -0.39 is 0 Å². The van der Waals surface area contributed by atoms with Crippen LogP contribution in [0.1, 0.15) is 24.0 Å². The molecule has 2 aromatic heterocycles. The van der Waals surface area contributed by atoms with Crippen LogP contribution in [0.4, 0.5) is 0 Å². The first-order chi connectivity index (χ1) is 8.31. The third-order valence-corrected chi connectivity index (χ3v) is 1.95. The van der Waals surface area contributed by atoms with Crippen LogP contribution in [0.3, 0.4) is 0 Å². The first-order valence-electron chi connectivity index (χ1n) is 5.05. The summed E-state index contributed by atoms with van der Waals surface area (Å²) in [6.07, 6.45) is 4.16. The molecule has 0 aromatic carbocycles. The van der Waals surface area contributed by atoms with Crippen LogP contribution in [-0.2, 0) is 6.42 Å². The first kappa shape index (κ1) is 12.4. The Balaban J connectivity index is 0.000000171.